The van der Waals surface area contributed by atoms with Crippen LogP contribution in [0.25, 0.3) is 0 Å². The number of fused-ring (bicyclic) bond motifs is 1. The number of hydrogen-bond acceptors (Lipinski definition) is 1. The van der Waals surface area contributed by atoms with Crippen molar-refractivity contribution in [2.45, 2.75) is 32.1 Å². The second kappa shape index (κ2) is 1.82. The van der Waals surface area contributed by atoms with Gasteiger partial charge < -0.3 is 5.73 Å². The van der Waals surface area contributed by atoms with E-state index in [-0.39, 0.29) is 0 Å². The first-order valence-electron chi connectivity index (χ1n) is 5.04. The van der Waals surface area contributed by atoms with Crippen LogP contribution in [0.4, 0.5) is 0 Å². The highest BCUT2D eigenvalue weighted by Gasteiger charge is 2.59. The predicted octanol–water partition coefficient (Wildman–Crippen LogP) is 1.77. The van der Waals surface area contributed by atoms with E-state index >= 15 is 0 Å². The van der Waals surface area contributed by atoms with E-state index in [4.69, 9.17) is 5.73 Å². The molecule has 0 radical (unpaired) electrons. The molecular formula is C10H17N. The summed E-state index contributed by atoms with van der Waals surface area (Å²) in [5, 5.41) is 0. The van der Waals surface area contributed by atoms with Gasteiger partial charge in [-0.05, 0) is 55.4 Å². The fraction of sp³-hybridized carbons (Fsp3) is 1.00. The van der Waals surface area contributed by atoms with E-state index in [1.54, 1.807) is 0 Å². The van der Waals surface area contributed by atoms with Crippen molar-refractivity contribution in [3.63, 3.8) is 0 Å². The van der Waals surface area contributed by atoms with Gasteiger partial charge in [-0.2, -0.15) is 0 Å². The third-order valence-electron chi connectivity index (χ3n) is 4.66. The summed E-state index contributed by atoms with van der Waals surface area (Å²) in [5.74, 6) is 3.23. The molecule has 0 amide bonds. The van der Waals surface area contributed by atoms with Gasteiger partial charge in [-0.3, -0.25) is 0 Å². The van der Waals surface area contributed by atoms with Gasteiger partial charge in [0, 0.05) is 0 Å². The summed E-state index contributed by atoms with van der Waals surface area (Å²) in [7, 11) is 0. The second-order valence-electron chi connectivity index (χ2n) is 5.02. The molecular weight excluding hydrogens is 134 g/mol. The first-order chi connectivity index (χ1) is 5.34. The Morgan fingerprint density at radius 1 is 1.27 bits per heavy atom. The average Bonchev–Trinajstić information content (AvgIpc) is 2.22. The number of rotatable bonds is 1. The minimum Gasteiger partial charge on any atom is -0.330 e. The molecule has 0 heterocycles. The zero-order chi connectivity index (χ0) is 7.47. The Hall–Kier alpha value is -0.0400. The van der Waals surface area contributed by atoms with E-state index in [1.165, 1.54) is 32.1 Å². The van der Waals surface area contributed by atoms with E-state index in [1.807, 2.05) is 0 Å². The van der Waals surface area contributed by atoms with Gasteiger partial charge in [0.2, 0.25) is 0 Å². The first-order valence-corrected chi connectivity index (χ1v) is 5.04. The molecule has 3 aliphatic rings. The maximum absolute atomic E-state index is 5.86. The molecule has 0 aromatic carbocycles. The summed E-state index contributed by atoms with van der Waals surface area (Å²) in [6, 6.07) is 0. The summed E-state index contributed by atoms with van der Waals surface area (Å²) < 4.78 is 0. The smallest absolute Gasteiger partial charge is 0.00176 e. The molecule has 0 aliphatic heterocycles. The predicted molar refractivity (Wildman–Crippen MR) is 45.0 cm³/mol. The third kappa shape index (κ3) is 0.618. The summed E-state index contributed by atoms with van der Waals surface area (Å²) in [5.41, 5.74) is 6.52. The molecule has 0 spiro atoms. The van der Waals surface area contributed by atoms with Crippen LogP contribution in [0.1, 0.15) is 32.1 Å². The summed E-state index contributed by atoms with van der Waals surface area (Å²) >= 11 is 0. The molecule has 0 aromatic heterocycles. The highest BCUT2D eigenvalue weighted by Crippen LogP contribution is 2.67. The van der Waals surface area contributed by atoms with E-state index in [0.717, 1.165) is 24.3 Å². The van der Waals surface area contributed by atoms with Crippen molar-refractivity contribution in [3.05, 3.63) is 0 Å². The van der Waals surface area contributed by atoms with Gasteiger partial charge in [0.1, 0.15) is 0 Å². The van der Waals surface area contributed by atoms with Crippen LogP contribution in [0.15, 0.2) is 0 Å². The third-order valence-corrected chi connectivity index (χ3v) is 4.66. The van der Waals surface area contributed by atoms with Crippen LogP contribution in [0.5, 0.6) is 0 Å². The normalized spacial score (nSPS) is 59.2. The van der Waals surface area contributed by atoms with Crippen molar-refractivity contribution in [2.75, 3.05) is 6.54 Å². The fourth-order valence-corrected chi connectivity index (χ4v) is 4.14. The Balaban J connectivity index is 1.93. The van der Waals surface area contributed by atoms with Crippen LogP contribution in [0, 0.1) is 23.2 Å². The molecule has 0 aromatic rings. The van der Waals surface area contributed by atoms with Gasteiger partial charge >= 0.3 is 0 Å². The van der Waals surface area contributed by atoms with Crippen molar-refractivity contribution < 1.29 is 0 Å². The van der Waals surface area contributed by atoms with Gasteiger partial charge in [0.05, 0.1) is 0 Å². The maximum atomic E-state index is 5.86. The van der Waals surface area contributed by atoms with Gasteiger partial charge in [0.25, 0.3) is 0 Å². The highest BCUT2D eigenvalue weighted by atomic mass is 14.7. The number of hydrogen-bond donors (Lipinski definition) is 1. The molecule has 0 saturated heterocycles. The van der Waals surface area contributed by atoms with E-state index in [2.05, 4.69) is 0 Å². The van der Waals surface area contributed by atoms with E-state index in [9.17, 15) is 0 Å². The molecule has 3 fully saturated rings. The Labute approximate surface area is 68.3 Å². The number of nitrogens with two attached hydrogens (primary N) is 1. The molecule has 11 heavy (non-hydrogen) atoms. The molecule has 2 N–H and O–H groups in total. The zero-order valence-corrected chi connectivity index (χ0v) is 7.05. The molecule has 3 aliphatic carbocycles. The minimum atomic E-state index is 0.659. The van der Waals surface area contributed by atoms with Crippen molar-refractivity contribution >= 4 is 0 Å². The van der Waals surface area contributed by atoms with Crippen LogP contribution >= 0.6 is 0 Å². The molecule has 4 unspecified atom stereocenters. The second-order valence-corrected chi connectivity index (χ2v) is 5.02. The largest absolute Gasteiger partial charge is 0.330 e. The van der Waals surface area contributed by atoms with E-state index < -0.39 is 0 Å². The van der Waals surface area contributed by atoms with Gasteiger partial charge in [0.15, 0.2) is 0 Å². The highest BCUT2D eigenvalue weighted by molar-refractivity contribution is 5.10. The van der Waals surface area contributed by atoms with Crippen molar-refractivity contribution in [2.24, 2.45) is 28.9 Å². The Morgan fingerprint density at radius 3 is 3.00 bits per heavy atom. The summed E-state index contributed by atoms with van der Waals surface area (Å²) in [6.07, 6.45) is 7.52. The summed E-state index contributed by atoms with van der Waals surface area (Å²) in [6.45, 7) is 0.977. The van der Waals surface area contributed by atoms with Gasteiger partial charge in [-0.25, -0.2) is 0 Å². The molecule has 1 nitrogen and oxygen atoms in total. The fourth-order valence-electron chi connectivity index (χ4n) is 4.14. The SMILES string of the molecule is NCC12CC3CCC(C1)C2C3. The maximum Gasteiger partial charge on any atom is -0.00176 e. The molecule has 1 heteroatoms. The van der Waals surface area contributed by atoms with Crippen molar-refractivity contribution in [1.29, 1.82) is 0 Å². The molecule has 3 rings (SSSR count). The lowest BCUT2D eigenvalue weighted by atomic mass is 9.54. The standard InChI is InChI=1S/C10H17N/c11-6-10-4-7-1-2-8(5-10)9(10)3-7/h7-9H,1-6,11H2. The van der Waals surface area contributed by atoms with Gasteiger partial charge in [-0.1, -0.05) is 6.42 Å². The zero-order valence-electron chi connectivity index (χ0n) is 7.05. The van der Waals surface area contributed by atoms with Crippen LogP contribution in [-0.2, 0) is 0 Å². The Bertz CT molecular complexity index is 187. The van der Waals surface area contributed by atoms with Crippen LogP contribution in [0.3, 0.4) is 0 Å². The lowest BCUT2D eigenvalue weighted by Gasteiger charge is -2.51. The minimum absolute atomic E-state index is 0.659. The molecule has 3 saturated carbocycles. The molecule has 62 valence electrons. The Morgan fingerprint density at radius 2 is 2.18 bits per heavy atom. The quantitative estimate of drug-likeness (QED) is 0.607. The van der Waals surface area contributed by atoms with Crippen LogP contribution in [-0.4, -0.2) is 6.54 Å². The lowest BCUT2D eigenvalue weighted by molar-refractivity contribution is -0.0113. The van der Waals surface area contributed by atoms with E-state index in [0.29, 0.717) is 5.41 Å². The van der Waals surface area contributed by atoms with Crippen LogP contribution < -0.4 is 5.73 Å². The Kier molecular flexibility index (Phi) is 1.07. The van der Waals surface area contributed by atoms with Gasteiger partial charge in [-0.15, -0.1) is 0 Å². The van der Waals surface area contributed by atoms with Crippen LogP contribution in [0.2, 0.25) is 0 Å². The monoisotopic (exact) mass is 151 g/mol. The topological polar surface area (TPSA) is 26.0 Å². The first kappa shape index (κ1) is 6.47. The molecule has 2 bridgehead atoms. The van der Waals surface area contributed by atoms with Crippen molar-refractivity contribution in [3.8, 4) is 0 Å². The average molecular weight is 151 g/mol. The lowest BCUT2D eigenvalue weighted by Crippen LogP contribution is -2.48. The summed E-state index contributed by atoms with van der Waals surface area (Å²) in [4.78, 5) is 0. The van der Waals surface area contributed by atoms with Crippen molar-refractivity contribution in [1.82, 2.24) is 0 Å². The molecule has 4 atom stereocenters.